The molecule has 0 aliphatic carbocycles. The number of carbonyl (C=O) groups excluding carboxylic acids is 2. The summed E-state index contributed by atoms with van der Waals surface area (Å²) in [4.78, 5) is 22.5. The Kier molecular flexibility index (Phi) is 1.98. The number of primary amides is 1. The molecule has 1 unspecified atom stereocenters. The maximum atomic E-state index is 10.8. The van der Waals surface area contributed by atoms with Crippen molar-refractivity contribution in [2.24, 2.45) is 5.73 Å². The number of cyclic esters (lactones) is 1. The van der Waals surface area contributed by atoms with Crippen LogP contribution >= 0.6 is 0 Å². The lowest BCUT2D eigenvalue weighted by atomic mass is 10.3. The van der Waals surface area contributed by atoms with Gasteiger partial charge >= 0.3 is 6.09 Å². The first-order chi connectivity index (χ1) is 5.11. The highest BCUT2D eigenvalue weighted by Gasteiger charge is 2.30. The summed E-state index contributed by atoms with van der Waals surface area (Å²) >= 11 is 0. The average Bonchev–Trinajstić information content (AvgIpc) is 2.18. The van der Waals surface area contributed by atoms with E-state index in [1.165, 1.54) is 4.90 Å². The lowest BCUT2D eigenvalue weighted by Crippen LogP contribution is -2.38. The largest absolute Gasteiger partial charge is 0.447 e. The molecule has 1 heterocycles. The third kappa shape index (κ3) is 1.60. The lowest BCUT2D eigenvalue weighted by molar-refractivity contribution is -0.118. The Labute approximate surface area is 64.1 Å². The summed E-state index contributed by atoms with van der Waals surface area (Å²) < 4.78 is 4.66. The van der Waals surface area contributed by atoms with Gasteiger partial charge < -0.3 is 10.5 Å². The molecular formula is C6H10N2O3. The van der Waals surface area contributed by atoms with E-state index in [1.54, 1.807) is 6.92 Å². The minimum atomic E-state index is -0.518. The molecule has 2 N–H and O–H groups in total. The monoisotopic (exact) mass is 158 g/mol. The first-order valence-electron chi connectivity index (χ1n) is 3.33. The number of nitrogens with two attached hydrogens (primary N) is 1. The highest BCUT2D eigenvalue weighted by atomic mass is 16.6. The molecule has 0 aromatic rings. The third-order valence-corrected chi connectivity index (χ3v) is 1.54. The van der Waals surface area contributed by atoms with E-state index in [0.29, 0.717) is 6.61 Å². The molecule has 11 heavy (non-hydrogen) atoms. The van der Waals surface area contributed by atoms with Gasteiger partial charge in [0.1, 0.15) is 13.2 Å². The fourth-order valence-corrected chi connectivity index (χ4v) is 0.933. The van der Waals surface area contributed by atoms with E-state index < -0.39 is 12.0 Å². The summed E-state index contributed by atoms with van der Waals surface area (Å²) in [5.41, 5.74) is 4.91. The van der Waals surface area contributed by atoms with Gasteiger partial charge in [-0.2, -0.15) is 0 Å². The number of carbonyl (C=O) groups is 2. The van der Waals surface area contributed by atoms with E-state index in [0.717, 1.165) is 0 Å². The lowest BCUT2D eigenvalue weighted by Gasteiger charge is -2.14. The Hall–Kier alpha value is -1.26. The van der Waals surface area contributed by atoms with E-state index in [9.17, 15) is 9.59 Å². The first kappa shape index (κ1) is 7.84. The Balaban J connectivity index is 2.54. The SMILES string of the molecule is CC1COC(=O)N1CC(N)=O. The molecule has 0 saturated carbocycles. The van der Waals surface area contributed by atoms with Gasteiger partial charge in [-0.25, -0.2) is 4.79 Å². The van der Waals surface area contributed by atoms with Crippen molar-refractivity contribution in [3.8, 4) is 0 Å². The molecule has 5 heteroatoms. The van der Waals surface area contributed by atoms with Crippen LogP contribution in [0, 0.1) is 0 Å². The molecule has 0 radical (unpaired) electrons. The second kappa shape index (κ2) is 2.77. The molecule has 1 aliphatic heterocycles. The number of hydrogen-bond donors (Lipinski definition) is 1. The van der Waals surface area contributed by atoms with Crippen LogP contribution in [0.2, 0.25) is 0 Å². The van der Waals surface area contributed by atoms with Gasteiger partial charge in [0.25, 0.3) is 0 Å². The third-order valence-electron chi connectivity index (χ3n) is 1.54. The van der Waals surface area contributed by atoms with Crippen LogP contribution in [0.3, 0.4) is 0 Å². The zero-order valence-electron chi connectivity index (χ0n) is 6.24. The Bertz CT molecular complexity index is 192. The zero-order chi connectivity index (χ0) is 8.43. The predicted octanol–water partition coefficient (Wildman–Crippen LogP) is -0.688. The van der Waals surface area contributed by atoms with E-state index in [-0.39, 0.29) is 12.6 Å². The molecule has 1 atom stereocenters. The Morgan fingerprint density at radius 1 is 1.91 bits per heavy atom. The van der Waals surface area contributed by atoms with Crippen molar-refractivity contribution in [2.75, 3.05) is 13.2 Å². The van der Waals surface area contributed by atoms with Gasteiger partial charge in [-0.15, -0.1) is 0 Å². The number of amides is 2. The van der Waals surface area contributed by atoms with Crippen LogP contribution in [0.4, 0.5) is 4.79 Å². The van der Waals surface area contributed by atoms with Crippen molar-refractivity contribution in [3.05, 3.63) is 0 Å². The topological polar surface area (TPSA) is 72.6 Å². The molecule has 1 rings (SSSR count). The van der Waals surface area contributed by atoms with Crippen LogP contribution < -0.4 is 5.73 Å². The molecule has 1 fully saturated rings. The second-order valence-electron chi connectivity index (χ2n) is 2.52. The molecule has 0 bridgehead atoms. The van der Waals surface area contributed by atoms with E-state index in [1.807, 2.05) is 0 Å². The highest BCUT2D eigenvalue weighted by Crippen LogP contribution is 2.09. The van der Waals surface area contributed by atoms with Gasteiger partial charge in [0.2, 0.25) is 5.91 Å². The average molecular weight is 158 g/mol. The summed E-state index contributed by atoms with van der Waals surface area (Å²) in [6.07, 6.45) is -0.462. The van der Waals surface area contributed by atoms with Crippen LogP contribution in [0.15, 0.2) is 0 Å². The summed E-state index contributed by atoms with van der Waals surface area (Å²) in [7, 11) is 0. The molecule has 2 amide bonds. The molecule has 1 aliphatic rings. The van der Waals surface area contributed by atoms with Crippen LogP contribution in [0.5, 0.6) is 0 Å². The summed E-state index contributed by atoms with van der Waals surface area (Å²) in [6, 6.07) is -0.0463. The van der Waals surface area contributed by atoms with Gasteiger partial charge in [0.05, 0.1) is 6.04 Å². The molecule has 62 valence electrons. The number of rotatable bonds is 2. The zero-order valence-corrected chi connectivity index (χ0v) is 6.24. The van der Waals surface area contributed by atoms with Crippen molar-refractivity contribution < 1.29 is 14.3 Å². The van der Waals surface area contributed by atoms with Crippen molar-refractivity contribution in [1.29, 1.82) is 0 Å². The van der Waals surface area contributed by atoms with Crippen molar-refractivity contribution >= 4 is 12.0 Å². The van der Waals surface area contributed by atoms with Crippen molar-refractivity contribution in [3.63, 3.8) is 0 Å². The van der Waals surface area contributed by atoms with Crippen LogP contribution in [0.1, 0.15) is 6.92 Å². The summed E-state index contributed by atoms with van der Waals surface area (Å²) in [6.45, 7) is 2.08. The number of nitrogens with zero attached hydrogens (tertiary/aromatic N) is 1. The quantitative estimate of drug-likeness (QED) is 0.578. The van der Waals surface area contributed by atoms with E-state index in [2.05, 4.69) is 4.74 Å². The fourth-order valence-electron chi connectivity index (χ4n) is 0.933. The first-order valence-corrected chi connectivity index (χ1v) is 3.33. The molecular weight excluding hydrogens is 148 g/mol. The van der Waals surface area contributed by atoms with Crippen LogP contribution in [-0.4, -0.2) is 36.1 Å². The van der Waals surface area contributed by atoms with Gasteiger partial charge in [-0.1, -0.05) is 0 Å². The smallest absolute Gasteiger partial charge is 0.410 e. The summed E-state index contributed by atoms with van der Waals surface area (Å²) in [5, 5.41) is 0. The molecule has 1 saturated heterocycles. The van der Waals surface area contributed by atoms with Gasteiger partial charge in [-0.3, -0.25) is 9.69 Å². The number of ether oxygens (including phenoxy) is 1. The van der Waals surface area contributed by atoms with Gasteiger partial charge in [0, 0.05) is 0 Å². The maximum absolute atomic E-state index is 10.8. The van der Waals surface area contributed by atoms with Crippen LogP contribution in [-0.2, 0) is 9.53 Å². The van der Waals surface area contributed by atoms with Crippen molar-refractivity contribution in [1.82, 2.24) is 4.90 Å². The fraction of sp³-hybridized carbons (Fsp3) is 0.667. The highest BCUT2D eigenvalue weighted by molar-refractivity contribution is 5.81. The number of hydrogen-bond acceptors (Lipinski definition) is 3. The van der Waals surface area contributed by atoms with Gasteiger partial charge in [0.15, 0.2) is 0 Å². The Morgan fingerprint density at radius 3 is 2.91 bits per heavy atom. The molecule has 0 aromatic carbocycles. The van der Waals surface area contributed by atoms with Gasteiger partial charge in [-0.05, 0) is 6.92 Å². The maximum Gasteiger partial charge on any atom is 0.410 e. The van der Waals surface area contributed by atoms with Crippen molar-refractivity contribution in [2.45, 2.75) is 13.0 Å². The normalized spacial score (nSPS) is 23.5. The van der Waals surface area contributed by atoms with Crippen LogP contribution in [0.25, 0.3) is 0 Å². The summed E-state index contributed by atoms with van der Waals surface area (Å²) in [5.74, 6) is -0.518. The standard InChI is InChI=1S/C6H10N2O3/c1-4-3-11-6(10)8(4)2-5(7)9/h4H,2-3H2,1H3,(H2,7,9). The van der Waals surface area contributed by atoms with E-state index >= 15 is 0 Å². The van der Waals surface area contributed by atoms with E-state index in [4.69, 9.17) is 5.73 Å². The Morgan fingerprint density at radius 2 is 2.55 bits per heavy atom. The minimum Gasteiger partial charge on any atom is -0.447 e. The minimum absolute atomic E-state index is 0.0463. The molecule has 0 spiro atoms. The molecule has 0 aromatic heterocycles. The second-order valence-corrected chi connectivity index (χ2v) is 2.52. The predicted molar refractivity (Wildman–Crippen MR) is 36.7 cm³/mol. The molecule has 5 nitrogen and oxygen atoms in total.